The number of H-pyrrole nitrogens is 1. The van der Waals surface area contributed by atoms with Crippen LogP contribution in [0.15, 0.2) is 45.5 Å². The molecule has 0 unspecified atom stereocenters. The molecule has 28 heavy (non-hydrogen) atoms. The molecule has 0 saturated heterocycles. The Bertz CT molecular complexity index is 1000. The lowest BCUT2D eigenvalue weighted by Gasteiger charge is -2.13. The quantitative estimate of drug-likeness (QED) is 0.393. The van der Waals surface area contributed by atoms with Crippen LogP contribution in [0.4, 0.5) is 0 Å². The number of halogens is 2. The highest BCUT2D eigenvalue weighted by atomic mass is 79.9. The van der Waals surface area contributed by atoms with E-state index in [0.717, 1.165) is 11.3 Å². The zero-order chi connectivity index (χ0) is 19.7. The number of rotatable bonds is 6. The lowest BCUT2D eigenvalue weighted by molar-refractivity contribution is -0.139. The van der Waals surface area contributed by atoms with Gasteiger partial charge in [-0.3, -0.25) is 0 Å². The summed E-state index contributed by atoms with van der Waals surface area (Å²) in [5.41, 5.74) is 2.48. The second kappa shape index (κ2) is 8.17. The van der Waals surface area contributed by atoms with E-state index in [-0.39, 0.29) is 0 Å². The molecule has 1 fully saturated rings. The molecule has 1 heterocycles. The van der Waals surface area contributed by atoms with Crippen LogP contribution in [0.3, 0.4) is 0 Å². The first kappa shape index (κ1) is 19.3. The van der Waals surface area contributed by atoms with Crippen molar-refractivity contribution in [2.45, 2.75) is 31.6 Å². The minimum Gasteiger partial charge on any atom is -0.482 e. The van der Waals surface area contributed by atoms with Gasteiger partial charge in [0.2, 0.25) is 0 Å². The van der Waals surface area contributed by atoms with E-state index < -0.39 is 12.6 Å². The van der Waals surface area contributed by atoms with Gasteiger partial charge in [0.1, 0.15) is 11.5 Å². The normalized spacial score (nSPS) is 14.5. The number of hydrogen-bond acceptors (Lipinski definition) is 3. The number of carboxylic acid groups (broad SMARTS) is 1. The monoisotopic (exact) mass is 507 g/mol. The SMILES string of the molecule is O=C(O)COc1cc(Br)c(Oc2ccc3[nH]cc(C4CCCC4)c3c2)c(Br)c1. The Kier molecular flexibility index (Phi) is 5.64. The van der Waals surface area contributed by atoms with Crippen LogP contribution in [0, 0.1) is 0 Å². The van der Waals surface area contributed by atoms with Gasteiger partial charge in [0.25, 0.3) is 0 Å². The van der Waals surface area contributed by atoms with Gasteiger partial charge < -0.3 is 19.6 Å². The maximum absolute atomic E-state index is 10.7. The van der Waals surface area contributed by atoms with Crippen molar-refractivity contribution in [3.63, 3.8) is 0 Å². The molecule has 3 aromatic rings. The predicted octanol–water partition coefficient (Wildman–Crippen LogP) is 6.61. The molecule has 0 amide bonds. The highest BCUT2D eigenvalue weighted by Gasteiger charge is 2.20. The molecule has 146 valence electrons. The molecule has 7 heteroatoms. The maximum atomic E-state index is 10.7. The standard InChI is InChI=1S/C21H19Br2NO4/c22-17-8-14(27-11-20(25)26)9-18(23)21(17)28-13-5-6-19-15(7-13)16(10-24-19)12-3-1-2-4-12/h5-10,12,24H,1-4,11H2,(H,25,26). The van der Waals surface area contributed by atoms with Crippen molar-refractivity contribution in [1.29, 1.82) is 0 Å². The van der Waals surface area contributed by atoms with Crippen LogP contribution in [0.25, 0.3) is 10.9 Å². The molecule has 0 bridgehead atoms. The number of aromatic nitrogens is 1. The Balaban J connectivity index is 1.60. The van der Waals surface area contributed by atoms with Gasteiger partial charge in [-0.2, -0.15) is 0 Å². The Morgan fingerprint density at radius 3 is 2.50 bits per heavy atom. The molecule has 0 atom stereocenters. The minimum atomic E-state index is -1.02. The number of fused-ring (bicyclic) bond motifs is 1. The van der Waals surface area contributed by atoms with Gasteiger partial charge in [-0.1, -0.05) is 12.8 Å². The van der Waals surface area contributed by atoms with E-state index in [1.165, 1.54) is 36.6 Å². The van der Waals surface area contributed by atoms with Gasteiger partial charge >= 0.3 is 5.97 Å². The van der Waals surface area contributed by atoms with E-state index in [2.05, 4.69) is 49.1 Å². The number of ether oxygens (including phenoxy) is 2. The smallest absolute Gasteiger partial charge is 0.341 e. The third-order valence-electron chi connectivity index (χ3n) is 5.03. The van der Waals surface area contributed by atoms with Crippen molar-refractivity contribution in [3.05, 3.63) is 51.0 Å². The largest absolute Gasteiger partial charge is 0.482 e. The number of benzene rings is 2. The van der Waals surface area contributed by atoms with Crippen LogP contribution in [-0.4, -0.2) is 22.7 Å². The molecule has 1 aliphatic rings. The van der Waals surface area contributed by atoms with Crippen molar-refractivity contribution >= 4 is 48.7 Å². The van der Waals surface area contributed by atoms with E-state index in [1.807, 2.05) is 12.1 Å². The average molecular weight is 509 g/mol. The fraction of sp³-hybridized carbons (Fsp3) is 0.286. The molecule has 1 saturated carbocycles. The molecule has 2 aromatic carbocycles. The summed E-state index contributed by atoms with van der Waals surface area (Å²) in [6.07, 6.45) is 7.21. The Labute approximate surface area is 179 Å². The second-order valence-electron chi connectivity index (χ2n) is 6.93. The highest BCUT2D eigenvalue weighted by Crippen LogP contribution is 2.42. The summed E-state index contributed by atoms with van der Waals surface area (Å²) in [6, 6.07) is 9.44. The minimum absolute atomic E-state index is 0.396. The Morgan fingerprint density at radius 1 is 1.11 bits per heavy atom. The lowest BCUT2D eigenvalue weighted by Crippen LogP contribution is -2.09. The second-order valence-corrected chi connectivity index (χ2v) is 8.64. The molecule has 2 N–H and O–H groups in total. The Hall–Kier alpha value is -1.99. The molecule has 0 aliphatic heterocycles. The molecular weight excluding hydrogens is 490 g/mol. The van der Waals surface area contributed by atoms with Crippen LogP contribution in [0.2, 0.25) is 0 Å². The summed E-state index contributed by atoms with van der Waals surface area (Å²) < 4.78 is 12.7. The topological polar surface area (TPSA) is 71.6 Å². The third-order valence-corrected chi connectivity index (χ3v) is 6.21. The first-order chi connectivity index (χ1) is 13.5. The van der Waals surface area contributed by atoms with Gasteiger partial charge in [-0.25, -0.2) is 4.79 Å². The highest BCUT2D eigenvalue weighted by molar-refractivity contribution is 9.11. The molecular formula is C21H19Br2NO4. The summed E-state index contributed by atoms with van der Waals surface area (Å²) in [5.74, 6) is 1.39. The van der Waals surface area contributed by atoms with E-state index in [0.29, 0.717) is 26.4 Å². The number of carbonyl (C=O) groups is 1. The van der Waals surface area contributed by atoms with Gasteiger partial charge in [0.05, 0.1) is 8.95 Å². The lowest BCUT2D eigenvalue weighted by atomic mass is 9.97. The summed E-state index contributed by atoms with van der Waals surface area (Å²) in [5, 5.41) is 9.96. The van der Waals surface area contributed by atoms with Crippen LogP contribution >= 0.6 is 31.9 Å². The van der Waals surface area contributed by atoms with Gasteiger partial charge in [0, 0.05) is 17.1 Å². The molecule has 0 radical (unpaired) electrons. The molecule has 0 spiro atoms. The van der Waals surface area contributed by atoms with Crippen LogP contribution < -0.4 is 9.47 Å². The number of aromatic amines is 1. The number of aliphatic carboxylic acids is 1. The van der Waals surface area contributed by atoms with Crippen molar-refractivity contribution in [3.8, 4) is 17.2 Å². The zero-order valence-corrected chi connectivity index (χ0v) is 18.2. The van der Waals surface area contributed by atoms with E-state index in [1.54, 1.807) is 12.1 Å². The van der Waals surface area contributed by atoms with Crippen molar-refractivity contribution < 1.29 is 19.4 Å². The fourth-order valence-corrected chi connectivity index (χ4v) is 5.05. The van der Waals surface area contributed by atoms with E-state index >= 15 is 0 Å². The average Bonchev–Trinajstić information content (AvgIpc) is 3.32. The number of hydrogen-bond donors (Lipinski definition) is 2. The van der Waals surface area contributed by atoms with E-state index in [4.69, 9.17) is 14.6 Å². The van der Waals surface area contributed by atoms with E-state index in [9.17, 15) is 4.79 Å². The molecule has 5 nitrogen and oxygen atoms in total. The van der Waals surface area contributed by atoms with Crippen molar-refractivity contribution in [2.75, 3.05) is 6.61 Å². The fourth-order valence-electron chi connectivity index (χ4n) is 3.74. The van der Waals surface area contributed by atoms with Crippen molar-refractivity contribution in [2.24, 2.45) is 0 Å². The molecule has 4 rings (SSSR count). The van der Waals surface area contributed by atoms with Crippen LogP contribution in [0.1, 0.15) is 37.2 Å². The van der Waals surface area contributed by atoms with Gasteiger partial charge in [-0.05, 0) is 86.5 Å². The third kappa shape index (κ3) is 4.05. The molecule has 1 aromatic heterocycles. The Morgan fingerprint density at radius 2 is 1.82 bits per heavy atom. The van der Waals surface area contributed by atoms with Crippen LogP contribution in [0.5, 0.6) is 17.2 Å². The summed E-state index contributed by atoms with van der Waals surface area (Å²) >= 11 is 6.97. The van der Waals surface area contributed by atoms with Crippen LogP contribution in [-0.2, 0) is 4.79 Å². The summed E-state index contributed by atoms with van der Waals surface area (Å²) in [7, 11) is 0. The summed E-state index contributed by atoms with van der Waals surface area (Å²) in [6.45, 7) is -0.396. The first-order valence-corrected chi connectivity index (χ1v) is 10.7. The summed E-state index contributed by atoms with van der Waals surface area (Å²) in [4.78, 5) is 14.1. The number of carboxylic acids is 1. The first-order valence-electron chi connectivity index (χ1n) is 9.14. The number of nitrogens with one attached hydrogen (secondary N) is 1. The zero-order valence-electron chi connectivity index (χ0n) is 15.0. The van der Waals surface area contributed by atoms with Gasteiger partial charge in [0.15, 0.2) is 12.4 Å². The predicted molar refractivity (Wildman–Crippen MR) is 115 cm³/mol. The molecule has 1 aliphatic carbocycles. The van der Waals surface area contributed by atoms with Crippen molar-refractivity contribution in [1.82, 2.24) is 4.98 Å². The maximum Gasteiger partial charge on any atom is 0.341 e. The van der Waals surface area contributed by atoms with Gasteiger partial charge in [-0.15, -0.1) is 0 Å².